The van der Waals surface area contributed by atoms with Crippen LogP contribution in [-0.2, 0) is 9.47 Å². The molecule has 0 aromatic carbocycles. The Labute approximate surface area is 93.5 Å². The van der Waals surface area contributed by atoms with Crippen LogP contribution in [0.1, 0.15) is 26.2 Å². The minimum atomic E-state index is 0.695. The first-order valence-electron chi connectivity index (χ1n) is 6.10. The van der Waals surface area contributed by atoms with Gasteiger partial charge in [0.15, 0.2) is 0 Å². The maximum absolute atomic E-state index is 5.37. The summed E-state index contributed by atoms with van der Waals surface area (Å²) in [5, 5.41) is 3.46. The van der Waals surface area contributed by atoms with Crippen LogP contribution in [0.3, 0.4) is 0 Å². The number of rotatable bonds is 8. The van der Waals surface area contributed by atoms with Gasteiger partial charge < -0.3 is 14.8 Å². The molecule has 0 aromatic rings. The number of nitrogens with one attached hydrogen (secondary N) is 1. The highest BCUT2D eigenvalue weighted by Gasteiger charge is 2.20. The molecule has 1 saturated carbocycles. The molecule has 2 unspecified atom stereocenters. The fourth-order valence-corrected chi connectivity index (χ4v) is 2.21. The second-order valence-corrected chi connectivity index (χ2v) is 4.59. The number of hydrogen-bond donors (Lipinski definition) is 1. The largest absolute Gasteiger partial charge is 0.382 e. The van der Waals surface area contributed by atoms with E-state index in [0.29, 0.717) is 13.2 Å². The van der Waals surface area contributed by atoms with Gasteiger partial charge in [0.2, 0.25) is 0 Å². The van der Waals surface area contributed by atoms with Gasteiger partial charge in [-0.2, -0.15) is 0 Å². The van der Waals surface area contributed by atoms with E-state index in [4.69, 9.17) is 9.47 Å². The lowest BCUT2D eigenvalue weighted by atomic mass is 10.1. The SMILES string of the molecule is COCCOCCNCC1CCC(C)C1. The number of hydrogen-bond acceptors (Lipinski definition) is 3. The van der Waals surface area contributed by atoms with Crippen LogP contribution in [0.4, 0.5) is 0 Å². The maximum atomic E-state index is 5.37. The number of ether oxygens (including phenoxy) is 2. The van der Waals surface area contributed by atoms with Crippen molar-refractivity contribution < 1.29 is 9.47 Å². The zero-order chi connectivity index (χ0) is 10.9. The molecule has 0 spiro atoms. The average molecular weight is 215 g/mol. The molecule has 3 nitrogen and oxygen atoms in total. The summed E-state index contributed by atoms with van der Waals surface area (Å²) in [7, 11) is 1.70. The fraction of sp³-hybridized carbons (Fsp3) is 1.00. The molecule has 1 aliphatic rings. The van der Waals surface area contributed by atoms with Crippen molar-refractivity contribution in [2.75, 3.05) is 40.0 Å². The van der Waals surface area contributed by atoms with Crippen molar-refractivity contribution in [2.24, 2.45) is 11.8 Å². The summed E-state index contributed by atoms with van der Waals surface area (Å²) in [6, 6.07) is 0. The Hall–Kier alpha value is -0.120. The smallest absolute Gasteiger partial charge is 0.0700 e. The lowest BCUT2D eigenvalue weighted by Gasteiger charge is -2.11. The van der Waals surface area contributed by atoms with Crippen molar-refractivity contribution >= 4 is 0 Å². The van der Waals surface area contributed by atoms with Gasteiger partial charge in [-0.3, -0.25) is 0 Å². The van der Waals surface area contributed by atoms with Crippen LogP contribution >= 0.6 is 0 Å². The highest BCUT2D eigenvalue weighted by atomic mass is 16.5. The molecule has 15 heavy (non-hydrogen) atoms. The summed E-state index contributed by atoms with van der Waals surface area (Å²) in [4.78, 5) is 0. The molecule has 0 radical (unpaired) electrons. The highest BCUT2D eigenvalue weighted by molar-refractivity contribution is 4.74. The van der Waals surface area contributed by atoms with E-state index in [9.17, 15) is 0 Å². The Kier molecular flexibility index (Phi) is 6.98. The molecule has 0 heterocycles. The standard InChI is InChI=1S/C12H25NO2/c1-11-3-4-12(9-11)10-13-5-6-15-8-7-14-2/h11-13H,3-10H2,1-2H3. The first-order valence-corrected chi connectivity index (χ1v) is 6.10. The number of methoxy groups -OCH3 is 1. The quantitative estimate of drug-likeness (QED) is 0.625. The molecule has 0 saturated heterocycles. The van der Waals surface area contributed by atoms with Gasteiger partial charge >= 0.3 is 0 Å². The molecule has 1 fully saturated rings. The predicted molar refractivity (Wildman–Crippen MR) is 62.1 cm³/mol. The van der Waals surface area contributed by atoms with Crippen LogP contribution < -0.4 is 5.32 Å². The molecule has 0 aromatic heterocycles. The van der Waals surface area contributed by atoms with Crippen molar-refractivity contribution in [1.82, 2.24) is 5.32 Å². The molecular formula is C12H25NO2. The van der Waals surface area contributed by atoms with Gasteiger partial charge in [-0.1, -0.05) is 13.3 Å². The van der Waals surface area contributed by atoms with Crippen LogP contribution in [-0.4, -0.2) is 40.0 Å². The normalized spacial score (nSPS) is 26.0. The molecular weight excluding hydrogens is 190 g/mol. The van der Waals surface area contributed by atoms with Gasteiger partial charge in [0.1, 0.15) is 0 Å². The van der Waals surface area contributed by atoms with Gasteiger partial charge in [-0.15, -0.1) is 0 Å². The highest BCUT2D eigenvalue weighted by Crippen LogP contribution is 2.29. The molecule has 0 aliphatic heterocycles. The van der Waals surface area contributed by atoms with Crippen LogP contribution in [0.25, 0.3) is 0 Å². The van der Waals surface area contributed by atoms with Crippen molar-refractivity contribution in [2.45, 2.75) is 26.2 Å². The predicted octanol–water partition coefficient (Wildman–Crippen LogP) is 1.68. The Balaban J connectivity index is 1.81. The molecule has 0 bridgehead atoms. The van der Waals surface area contributed by atoms with Gasteiger partial charge in [0, 0.05) is 13.7 Å². The summed E-state index contributed by atoms with van der Waals surface area (Å²) in [6.45, 7) is 6.69. The maximum Gasteiger partial charge on any atom is 0.0700 e. The second kappa shape index (κ2) is 8.08. The van der Waals surface area contributed by atoms with E-state index in [0.717, 1.165) is 31.5 Å². The zero-order valence-corrected chi connectivity index (χ0v) is 10.1. The summed E-state index contributed by atoms with van der Waals surface area (Å²) in [5.74, 6) is 1.84. The third-order valence-electron chi connectivity index (χ3n) is 3.09. The van der Waals surface area contributed by atoms with Gasteiger partial charge in [0.05, 0.1) is 19.8 Å². The Morgan fingerprint density at radius 2 is 2.07 bits per heavy atom. The lowest BCUT2D eigenvalue weighted by Crippen LogP contribution is -2.25. The molecule has 3 heteroatoms. The molecule has 0 amide bonds. The third-order valence-corrected chi connectivity index (χ3v) is 3.09. The minimum Gasteiger partial charge on any atom is -0.382 e. The summed E-state index contributed by atoms with van der Waals surface area (Å²) < 4.78 is 10.3. The van der Waals surface area contributed by atoms with Crippen molar-refractivity contribution in [3.8, 4) is 0 Å². The Morgan fingerprint density at radius 3 is 2.73 bits per heavy atom. The Bertz CT molecular complexity index is 153. The zero-order valence-electron chi connectivity index (χ0n) is 10.1. The van der Waals surface area contributed by atoms with Crippen LogP contribution in [0.5, 0.6) is 0 Å². The van der Waals surface area contributed by atoms with Crippen molar-refractivity contribution in [3.05, 3.63) is 0 Å². The van der Waals surface area contributed by atoms with Gasteiger partial charge in [-0.05, 0) is 31.2 Å². The van der Waals surface area contributed by atoms with E-state index in [-0.39, 0.29) is 0 Å². The third kappa shape index (κ3) is 6.13. The fourth-order valence-electron chi connectivity index (χ4n) is 2.21. The molecule has 1 rings (SSSR count). The second-order valence-electron chi connectivity index (χ2n) is 4.59. The Morgan fingerprint density at radius 1 is 1.20 bits per heavy atom. The average Bonchev–Trinajstić information content (AvgIpc) is 2.63. The summed E-state index contributed by atoms with van der Waals surface area (Å²) in [6.07, 6.45) is 4.22. The van der Waals surface area contributed by atoms with Crippen molar-refractivity contribution in [3.63, 3.8) is 0 Å². The van der Waals surface area contributed by atoms with Gasteiger partial charge in [0.25, 0.3) is 0 Å². The van der Waals surface area contributed by atoms with Crippen molar-refractivity contribution in [1.29, 1.82) is 0 Å². The lowest BCUT2D eigenvalue weighted by molar-refractivity contribution is 0.0717. The van der Waals surface area contributed by atoms with Crippen LogP contribution in [0.15, 0.2) is 0 Å². The van der Waals surface area contributed by atoms with Gasteiger partial charge in [-0.25, -0.2) is 0 Å². The topological polar surface area (TPSA) is 30.5 Å². The minimum absolute atomic E-state index is 0.695. The molecule has 2 atom stereocenters. The van der Waals surface area contributed by atoms with E-state index >= 15 is 0 Å². The first-order chi connectivity index (χ1) is 7.33. The van der Waals surface area contributed by atoms with E-state index < -0.39 is 0 Å². The van der Waals surface area contributed by atoms with Crippen LogP contribution in [0, 0.1) is 11.8 Å². The van der Waals surface area contributed by atoms with E-state index in [1.165, 1.54) is 19.3 Å². The molecule has 90 valence electrons. The summed E-state index contributed by atoms with van der Waals surface area (Å²) >= 11 is 0. The monoisotopic (exact) mass is 215 g/mol. The van der Waals surface area contributed by atoms with E-state index in [1.807, 2.05) is 0 Å². The molecule has 1 aliphatic carbocycles. The van der Waals surface area contributed by atoms with E-state index in [1.54, 1.807) is 7.11 Å². The van der Waals surface area contributed by atoms with Crippen LogP contribution in [0.2, 0.25) is 0 Å². The molecule has 1 N–H and O–H groups in total. The van der Waals surface area contributed by atoms with E-state index in [2.05, 4.69) is 12.2 Å². The summed E-state index contributed by atoms with van der Waals surface area (Å²) in [5.41, 5.74) is 0. The first kappa shape index (κ1) is 12.9.